The number of fused-ring (bicyclic) bond motifs is 1. The van der Waals surface area contributed by atoms with Crippen molar-refractivity contribution in [2.45, 2.75) is 38.3 Å². The topological polar surface area (TPSA) is 93.1 Å². The highest BCUT2D eigenvalue weighted by molar-refractivity contribution is 6.32. The maximum atomic E-state index is 6.70. The Bertz CT molecular complexity index is 1010. The molecule has 2 fully saturated rings. The van der Waals surface area contributed by atoms with Gasteiger partial charge in [-0.05, 0) is 32.3 Å². The molecule has 1 aliphatic carbocycles. The summed E-state index contributed by atoms with van der Waals surface area (Å²) < 4.78 is 13.1. The van der Waals surface area contributed by atoms with Gasteiger partial charge in [0, 0.05) is 25.3 Å². The molecule has 0 aromatic carbocycles. The molecule has 4 heterocycles. The summed E-state index contributed by atoms with van der Waals surface area (Å²) in [6.07, 6.45) is 6.85. The van der Waals surface area contributed by atoms with Crippen LogP contribution in [0.5, 0.6) is 5.88 Å². The summed E-state index contributed by atoms with van der Waals surface area (Å²) in [6, 6.07) is 2.77. The minimum absolute atomic E-state index is 0.298. The van der Waals surface area contributed by atoms with E-state index in [-0.39, 0.29) is 0 Å². The Morgan fingerprint density at radius 3 is 2.93 bits per heavy atom. The molecule has 2 N–H and O–H groups in total. The third kappa shape index (κ3) is 3.73. The number of anilines is 2. The van der Waals surface area contributed by atoms with Crippen LogP contribution in [-0.4, -0.2) is 68.6 Å². The van der Waals surface area contributed by atoms with E-state index in [9.17, 15) is 0 Å². The van der Waals surface area contributed by atoms with E-state index in [1.54, 1.807) is 6.20 Å². The monoisotopic (exact) mass is 431 g/mol. The van der Waals surface area contributed by atoms with Crippen molar-refractivity contribution in [2.24, 2.45) is 0 Å². The largest absolute Gasteiger partial charge is 0.477 e. The molecule has 10 heteroatoms. The van der Waals surface area contributed by atoms with Gasteiger partial charge in [-0.1, -0.05) is 11.6 Å². The van der Waals surface area contributed by atoms with E-state index in [0.29, 0.717) is 47.0 Å². The zero-order valence-electron chi connectivity index (χ0n) is 17.0. The molecule has 3 aromatic heterocycles. The predicted molar refractivity (Wildman–Crippen MR) is 115 cm³/mol. The Labute approximate surface area is 179 Å². The number of hydrogen-bond acceptors (Lipinski definition) is 7. The number of aromatic nitrogens is 5. The molecule has 2 unspecified atom stereocenters. The van der Waals surface area contributed by atoms with Crippen LogP contribution in [0.3, 0.4) is 0 Å². The molecule has 1 saturated heterocycles. The summed E-state index contributed by atoms with van der Waals surface area (Å²) in [5.41, 5.74) is 1.41. The normalized spacial score (nSPS) is 22.6. The lowest BCUT2D eigenvalue weighted by molar-refractivity contribution is 0.0172. The first-order valence-corrected chi connectivity index (χ1v) is 10.9. The average Bonchev–Trinajstić information content (AvgIpc) is 3.50. The molecule has 3 aromatic rings. The number of ether oxygens (including phenoxy) is 2. The lowest BCUT2D eigenvalue weighted by atomic mass is 10.2. The van der Waals surface area contributed by atoms with E-state index < -0.39 is 0 Å². The molecule has 0 spiro atoms. The summed E-state index contributed by atoms with van der Waals surface area (Å²) in [5, 5.41) is 9.21. The van der Waals surface area contributed by atoms with Crippen molar-refractivity contribution in [3.63, 3.8) is 0 Å². The van der Waals surface area contributed by atoms with E-state index in [0.717, 1.165) is 51.0 Å². The predicted octanol–water partition coefficient (Wildman–Crippen LogP) is 3.38. The average molecular weight is 432 g/mol. The Morgan fingerprint density at radius 1 is 1.27 bits per heavy atom. The Kier molecular flexibility index (Phi) is 5.49. The summed E-state index contributed by atoms with van der Waals surface area (Å²) in [7, 11) is 0. The molecule has 0 bridgehead atoms. The molecule has 0 amide bonds. The fourth-order valence-electron chi connectivity index (χ4n) is 4.45. The lowest BCUT2D eigenvalue weighted by Crippen LogP contribution is -2.42. The molecular weight excluding hydrogens is 406 g/mol. The maximum Gasteiger partial charge on any atom is 0.232 e. The van der Waals surface area contributed by atoms with Crippen LogP contribution in [0, 0.1) is 0 Å². The Hall–Kier alpha value is -2.36. The van der Waals surface area contributed by atoms with Gasteiger partial charge in [0.05, 0.1) is 43.1 Å². The SMILES string of the molecule is CCOc1nc(Nc2cnn(C3CCC(N4CCOCC4)C3)c2Cl)nc2[nH]ccc12. The first kappa shape index (κ1) is 19.6. The van der Waals surface area contributed by atoms with E-state index in [1.165, 1.54) is 0 Å². The summed E-state index contributed by atoms with van der Waals surface area (Å²) in [6.45, 7) is 6.14. The van der Waals surface area contributed by atoms with Crippen molar-refractivity contribution in [3.05, 3.63) is 23.6 Å². The third-order valence-corrected chi connectivity index (χ3v) is 6.30. The van der Waals surface area contributed by atoms with Crippen molar-refractivity contribution in [1.82, 2.24) is 29.6 Å². The zero-order chi connectivity index (χ0) is 20.5. The van der Waals surface area contributed by atoms with Crippen molar-refractivity contribution in [1.29, 1.82) is 0 Å². The number of H-pyrrole nitrogens is 1. The van der Waals surface area contributed by atoms with E-state index in [1.807, 2.05) is 23.9 Å². The molecule has 1 saturated carbocycles. The van der Waals surface area contributed by atoms with Gasteiger partial charge in [-0.25, -0.2) is 4.68 Å². The van der Waals surface area contributed by atoms with Crippen LogP contribution in [0.15, 0.2) is 18.5 Å². The van der Waals surface area contributed by atoms with Crippen LogP contribution in [0.2, 0.25) is 5.15 Å². The van der Waals surface area contributed by atoms with Crippen LogP contribution in [0.25, 0.3) is 11.0 Å². The quantitative estimate of drug-likeness (QED) is 0.618. The van der Waals surface area contributed by atoms with E-state index in [4.69, 9.17) is 21.1 Å². The summed E-state index contributed by atoms with van der Waals surface area (Å²) >= 11 is 6.70. The van der Waals surface area contributed by atoms with E-state index >= 15 is 0 Å². The highest BCUT2D eigenvalue weighted by Gasteiger charge is 2.32. The van der Waals surface area contributed by atoms with Gasteiger partial charge in [0.2, 0.25) is 11.8 Å². The molecule has 2 atom stereocenters. The number of hydrogen-bond donors (Lipinski definition) is 2. The number of rotatable bonds is 6. The fourth-order valence-corrected chi connectivity index (χ4v) is 4.73. The van der Waals surface area contributed by atoms with Gasteiger partial charge in [-0.15, -0.1) is 0 Å². The molecule has 160 valence electrons. The van der Waals surface area contributed by atoms with Crippen LogP contribution in [0.4, 0.5) is 11.6 Å². The second-order valence-electron chi connectivity index (χ2n) is 7.71. The third-order valence-electron chi connectivity index (χ3n) is 5.93. The molecule has 30 heavy (non-hydrogen) atoms. The number of nitrogens with zero attached hydrogens (tertiary/aromatic N) is 5. The Balaban J connectivity index is 1.32. The maximum absolute atomic E-state index is 6.70. The zero-order valence-corrected chi connectivity index (χ0v) is 17.7. The standard InChI is InChI=1S/C20H26ClN7O2/c1-2-30-19-15-5-6-22-18(15)25-20(26-19)24-16-12-23-28(17(16)21)14-4-3-13(11-14)27-7-9-29-10-8-27/h5-6,12-14H,2-4,7-11H2,1H3,(H2,22,24,25,26). The first-order chi connectivity index (χ1) is 14.7. The highest BCUT2D eigenvalue weighted by atomic mass is 35.5. The van der Waals surface area contributed by atoms with Gasteiger partial charge in [-0.3, -0.25) is 4.90 Å². The number of morpholine rings is 1. The lowest BCUT2D eigenvalue weighted by Gasteiger charge is -2.32. The Morgan fingerprint density at radius 2 is 2.10 bits per heavy atom. The molecular formula is C20H26ClN7O2. The fraction of sp³-hybridized carbons (Fsp3) is 0.550. The molecule has 0 radical (unpaired) electrons. The number of nitrogens with one attached hydrogen (secondary N) is 2. The van der Waals surface area contributed by atoms with Crippen LogP contribution in [0.1, 0.15) is 32.2 Å². The molecule has 2 aliphatic rings. The second-order valence-corrected chi connectivity index (χ2v) is 8.07. The molecule has 5 rings (SSSR count). The minimum atomic E-state index is 0.298. The van der Waals surface area contributed by atoms with Crippen molar-refractivity contribution < 1.29 is 9.47 Å². The molecule has 1 aliphatic heterocycles. The van der Waals surface area contributed by atoms with Gasteiger partial charge in [-0.2, -0.15) is 15.1 Å². The highest BCUT2D eigenvalue weighted by Crippen LogP contribution is 2.37. The smallest absolute Gasteiger partial charge is 0.232 e. The van der Waals surface area contributed by atoms with Gasteiger partial charge >= 0.3 is 0 Å². The van der Waals surface area contributed by atoms with Crippen LogP contribution >= 0.6 is 11.6 Å². The first-order valence-electron chi connectivity index (χ1n) is 10.5. The van der Waals surface area contributed by atoms with Gasteiger partial charge in [0.15, 0.2) is 5.15 Å². The van der Waals surface area contributed by atoms with Gasteiger partial charge in [0.25, 0.3) is 0 Å². The van der Waals surface area contributed by atoms with Crippen molar-refractivity contribution >= 4 is 34.3 Å². The number of halogens is 1. The van der Waals surface area contributed by atoms with Gasteiger partial charge < -0.3 is 19.8 Å². The van der Waals surface area contributed by atoms with Crippen molar-refractivity contribution in [2.75, 3.05) is 38.2 Å². The van der Waals surface area contributed by atoms with Gasteiger partial charge in [0.1, 0.15) is 5.65 Å². The minimum Gasteiger partial charge on any atom is -0.477 e. The summed E-state index contributed by atoms with van der Waals surface area (Å²) in [5.74, 6) is 0.964. The molecule has 9 nitrogen and oxygen atoms in total. The van der Waals surface area contributed by atoms with Crippen LogP contribution in [-0.2, 0) is 4.74 Å². The van der Waals surface area contributed by atoms with E-state index in [2.05, 4.69) is 30.3 Å². The second kappa shape index (κ2) is 8.41. The summed E-state index contributed by atoms with van der Waals surface area (Å²) in [4.78, 5) is 14.7. The van der Waals surface area contributed by atoms with Crippen molar-refractivity contribution in [3.8, 4) is 5.88 Å². The number of aromatic amines is 1. The van der Waals surface area contributed by atoms with Crippen LogP contribution < -0.4 is 10.1 Å².